The molecule has 21 heavy (non-hydrogen) atoms. The lowest BCUT2D eigenvalue weighted by atomic mass is 9.83. The molecule has 1 unspecified atom stereocenters. The molecule has 1 rings (SSSR count). The van der Waals surface area contributed by atoms with E-state index in [2.05, 4.69) is 0 Å². The number of aliphatic carboxylic acids is 1. The summed E-state index contributed by atoms with van der Waals surface area (Å²) in [5, 5.41) is 9.30. The zero-order valence-corrected chi connectivity index (χ0v) is 12.3. The largest absolute Gasteiger partial charge is 0.481 e. The van der Waals surface area contributed by atoms with Gasteiger partial charge in [-0.3, -0.25) is 4.79 Å². The molecule has 1 atom stereocenters. The summed E-state index contributed by atoms with van der Waals surface area (Å²) in [5.74, 6) is -2.20. The van der Waals surface area contributed by atoms with Crippen molar-refractivity contribution >= 4 is 11.7 Å². The lowest BCUT2D eigenvalue weighted by Crippen LogP contribution is -2.19. The van der Waals surface area contributed by atoms with Gasteiger partial charge in [-0.2, -0.15) is 13.2 Å². The Morgan fingerprint density at radius 2 is 1.86 bits per heavy atom. The quantitative estimate of drug-likeness (QED) is 0.816. The number of anilines is 1. The van der Waals surface area contributed by atoms with E-state index < -0.39 is 29.3 Å². The molecule has 0 aliphatic rings. The second-order valence-electron chi connectivity index (χ2n) is 6.30. The van der Waals surface area contributed by atoms with Crippen molar-refractivity contribution in [2.75, 3.05) is 5.73 Å². The predicted octanol–water partition coefficient (Wildman–Crippen LogP) is 4.28. The molecular formula is C15H20F3NO2. The first-order chi connectivity index (χ1) is 9.43. The minimum absolute atomic E-state index is 0.0292. The van der Waals surface area contributed by atoms with Crippen molar-refractivity contribution in [1.29, 1.82) is 0 Å². The van der Waals surface area contributed by atoms with Crippen LogP contribution in [0.4, 0.5) is 18.9 Å². The average molecular weight is 303 g/mol. The minimum atomic E-state index is -4.59. The maximum Gasteiger partial charge on any atom is 0.418 e. The van der Waals surface area contributed by atoms with E-state index in [1.165, 1.54) is 12.1 Å². The fourth-order valence-electron chi connectivity index (χ4n) is 2.12. The number of hydrogen-bond acceptors (Lipinski definition) is 2. The lowest BCUT2D eigenvalue weighted by Gasteiger charge is -2.23. The zero-order chi connectivity index (χ0) is 16.4. The van der Waals surface area contributed by atoms with Crippen LogP contribution in [-0.4, -0.2) is 11.1 Å². The molecule has 0 fully saturated rings. The third-order valence-electron chi connectivity index (χ3n) is 3.30. The SMILES string of the molecule is CC(C)(C)CCC(C(=O)O)c1cccc(C(F)(F)F)c1N. The van der Waals surface area contributed by atoms with Crippen LogP contribution in [0.5, 0.6) is 0 Å². The summed E-state index contributed by atoms with van der Waals surface area (Å²) in [4.78, 5) is 11.4. The topological polar surface area (TPSA) is 63.3 Å². The van der Waals surface area contributed by atoms with E-state index >= 15 is 0 Å². The molecule has 3 N–H and O–H groups in total. The van der Waals surface area contributed by atoms with Crippen molar-refractivity contribution in [2.24, 2.45) is 5.41 Å². The number of nitrogen functional groups attached to an aromatic ring is 1. The third-order valence-corrected chi connectivity index (χ3v) is 3.30. The summed E-state index contributed by atoms with van der Waals surface area (Å²) in [5.41, 5.74) is 4.01. The number of carboxylic acid groups (broad SMARTS) is 1. The first-order valence-corrected chi connectivity index (χ1v) is 6.62. The second-order valence-corrected chi connectivity index (χ2v) is 6.30. The molecule has 0 heterocycles. The molecular weight excluding hydrogens is 283 g/mol. The molecule has 6 heteroatoms. The Bertz CT molecular complexity index is 519. The lowest BCUT2D eigenvalue weighted by molar-refractivity contribution is -0.140. The van der Waals surface area contributed by atoms with E-state index in [1.54, 1.807) is 0 Å². The fourth-order valence-corrected chi connectivity index (χ4v) is 2.12. The Labute approximate surface area is 122 Å². The molecule has 1 aromatic carbocycles. The van der Waals surface area contributed by atoms with Gasteiger partial charge < -0.3 is 10.8 Å². The van der Waals surface area contributed by atoms with Crippen molar-refractivity contribution in [3.63, 3.8) is 0 Å². The highest BCUT2D eigenvalue weighted by atomic mass is 19.4. The van der Waals surface area contributed by atoms with Crippen LogP contribution < -0.4 is 5.73 Å². The highest BCUT2D eigenvalue weighted by molar-refractivity contribution is 5.79. The van der Waals surface area contributed by atoms with Gasteiger partial charge >= 0.3 is 12.1 Å². The van der Waals surface area contributed by atoms with Crippen LogP contribution in [-0.2, 0) is 11.0 Å². The summed E-state index contributed by atoms with van der Waals surface area (Å²) in [6.45, 7) is 5.84. The molecule has 3 nitrogen and oxygen atoms in total. The summed E-state index contributed by atoms with van der Waals surface area (Å²) >= 11 is 0. The highest BCUT2D eigenvalue weighted by Gasteiger charge is 2.35. The minimum Gasteiger partial charge on any atom is -0.481 e. The summed E-state index contributed by atoms with van der Waals surface area (Å²) < 4.78 is 38.5. The van der Waals surface area contributed by atoms with Crippen molar-refractivity contribution in [1.82, 2.24) is 0 Å². The summed E-state index contributed by atoms with van der Waals surface area (Å²) in [6.07, 6.45) is -3.78. The van der Waals surface area contributed by atoms with Crippen molar-refractivity contribution in [3.05, 3.63) is 29.3 Å². The number of carboxylic acids is 1. The molecule has 0 saturated carbocycles. The van der Waals surface area contributed by atoms with Gasteiger partial charge in [0.05, 0.1) is 11.5 Å². The molecule has 0 aliphatic heterocycles. The first-order valence-electron chi connectivity index (χ1n) is 6.62. The first kappa shape index (κ1) is 17.3. The van der Waals surface area contributed by atoms with E-state index in [-0.39, 0.29) is 17.4 Å². The van der Waals surface area contributed by atoms with Crippen molar-refractivity contribution in [2.45, 2.75) is 45.7 Å². The molecule has 0 aliphatic carbocycles. The Kier molecular flexibility index (Phi) is 4.91. The number of benzene rings is 1. The fraction of sp³-hybridized carbons (Fsp3) is 0.533. The molecule has 0 aromatic heterocycles. The Balaban J connectivity index is 3.18. The maximum absolute atomic E-state index is 12.8. The number of carbonyl (C=O) groups is 1. The number of hydrogen-bond donors (Lipinski definition) is 2. The Morgan fingerprint density at radius 3 is 2.29 bits per heavy atom. The number of para-hydroxylation sites is 1. The van der Waals surface area contributed by atoms with Crippen LogP contribution in [0.1, 0.15) is 50.7 Å². The highest BCUT2D eigenvalue weighted by Crippen LogP contribution is 2.39. The van der Waals surface area contributed by atoms with E-state index in [9.17, 15) is 23.1 Å². The Hall–Kier alpha value is -1.72. The summed E-state index contributed by atoms with van der Waals surface area (Å²) in [6, 6.07) is 3.41. The van der Waals surface area contributed by atoms with Gasteiger partial charge in [0.25, 0.3) is 0 Å². The van der Waals surface area contributed by atoms with E-state index in [0.717, 1.165) is 6.07 Å². The van der Waals surface area contributed by atoms with Crippen molar-refractivity contribution in [3.8, 4) is 0 Å². The summed E-state index contributed by atoms with van der Waals surface area (Å²) in [7, 11) is 0. The van der Waals surface area contributed by atoms with Gasteiger partial charge in [-0.15, -0.1) is 0 Å². The normalized spacial score (nSPS) is 14.0. The van der Waals surface area contributed by atoms with E-state index in [4.69, 9.17) is 5.73 Å². The van der Waals surface area contributed by atoms with Gasteiger partial charge in [-0.1, -0.05) is 32.9 Å². The maximum atomic E-state index is 12.8. The van der Waals surface area contributed by atoms with Gasteiger partial charge in [-0.25, -0.2) is 0 Å². The van der Waals surface area contributed by atoms with E-state index in [0.29, 0.717) is 6.42 Å². The Morgan fingerprint density at radius 1 is 1.29 bits per heavy atom. The standard InChI is InChI=1S/C15H20F3NO2/c1-14(2,3)8-7-10(13(20)21)9-5-4-6-11(12(9)19)15(16,17)18/h4-6,10H,7-8,19H2,1-3H3,(H,20,21). The number of halogens is 3. The zero-order valence-electron chi connectivity index (χ0n) is 12.3. The number of rotatable bonds is 4. The van der Waals surface area contributed by atoms with E-state index in [1.807, 2.05) is 20.8 Å². The van der Waals surface area contributed by atoms with Crippen LogP contribution in [0.2, 0.25) is 0 Å². The molecule has 118 valence electrons. The van der Waals surface area contributed by atoms with Crippen LogP contribution in [0.15, 0.2) is 18.2 Å². The number of nitrogens with two attached hydrogens (primary N) is 1. The predicted molar refractivity (Wildman–Crippen MR) is 74.9 cm³/mol. The second kappa shape index (κ2) is 5.95. The third kappa shape index (κ3) is 4.65. The van der Waals surface area contributed by atoms with Gasteiger partial charge in [0.15, 0.2) is 0 Å². The van der Waals surface area contributed by atoms with Gasteiger partial charge in [-0.05, 0) is 29.9 Å². The molecule has 0 radical (unpaired) electrons. The van der Waals surface area contributed by atoms with Gasteiger partial charge in [0.1, 0.15) is 0 Å². The van der Waals surface area contributed by atoms with Gasteiger partial charge in [0.2, 0.25) is 0 Å². The van der Waals surface area contributed by atoms with Crippen LogP contribution in [0, 0.1) is 5.41 Å². The molecule has 0 spiro atoms. The van der Waals surface area contributed by atoms with Crippen LogP contribution in [0.25, 0.3) is 0 Å². The van der Waals surface area contributed by atoms with Gasteiger partial charge in [0, 0.05) is 5.69 Å². The number of alkyl halides is 3. The molecule has 0 saturated heterocycles. The molecule has 0 bridgehead atoms. The molecule has 1 aromatic rings. The van der Waals surface area contributed by atoms with Crippen LogP contribution >= 0.6 is 0 Å². The average Bonchev–Trinajstić information content (AvgIpc) is 2.27. The monoisotopic (exact) mass is 303 g/mol. The van der Waals surface area contributed by atoms with Crippen LogP contribution in [0.3, 0.4) is 0 Å². The smallest absolute Gasteiger partial charge is 0.418 e. The molecule has 0 amide bonds. The van der Waals surface area contributed by atoms with Crippen molar-refractivity contribution < 1.29 is 23.1 Å².